The van der Waals surface area contributed by atoms with Gasteiger partial charge in [-0.1, -0.05) is 252 Å². The van der Waals surface area contributed by atoms with Crippen LogP contribution < -0.4 is 0 Å². The lowest BCUT2D eigenvalue weighted by molar-refractivity contribution is -0.151. The molecule has 1 N–H and O–H groups in total. The third-order valence-corrected chi connectivity index (χ3v) is 17.2. The lowest BCUT2D eigenvalue weighted by atomic mass is 9.91. The number of hydrogen-bond donors (Lipinski definition) is 1. The number of esters is 4. The largest absolute Gasteiger partial charge is 0.465 e. The highest BCUT2D eigenvalue weighted by Crippen LogP contribution is 2.26. The quantitative estimate of drug-likeness (QED) is 0.0355. The number of aliphatic hydroxyl groups is 1. The Hall–Kier alpha value is -2.24. The molecule has 0 atom stereocenters. The first-order chi connectivity index (χ1) is 39.8. The summed E-state index contributed by atoms with van der Waals surface area (Å²) >= 11 is 0. The van der Waals surface area contributed by atoms with Crippen LogP contribution in [0.4, 0.5) is 0 Å². The van der Waals surface area contributed by atoms with Crippen LogP contribution in [0, 0.1) is 11.8 Å². The van der Waals surface area contributed by atoms with Crippen molar-refractivity contribution in [1.29, 1.82) is 0 Å². The summed E-state index contributed by atoms with van der Waals surface area (Å²) in [5.74, 6) is -0.587. The van der Waals surface area contributed by atoms with Crippen LogP contribution >= 0.6 is 0 Å². The lowest BCUT2D eigenvalue weighted by Gasteiger charge is -2.39. The zero-order valence-electron chi connectivity index (χ0n) is 54.1. The van der Waals surface area contributed by atoms with Crippen LogP contribution in [-0.4, -0.2) is 111 Å². The maximum Gasteiger partial charge on any atom is 0.305 e. The smallest absolute Gasteiger partial charge is 0.305 e. The van der Waals surface area contributed by atoms with Crippen molar-refractivity contribution < 1.29 is 43.2 Å². The van der Waals surface area contributed by atoms with Crippen molar-refractivity contribution in [2.75, 3.05) is 65.8 Å². The lowest BCUT2D eigenvalue weighted by Crippen LogP contribution is -2.45. The van der Waals surface area contributed by atoms with Crippen molar-refractivity contribution in [2.24, 2.45) is 11.8 Å². The summed E-state index contributed by atoms with van der Waals surface area (Å²) in [5, 5.41) is 10.1. The minimum atomic E-state index is -0.144. The maximum atomic E-state index is 12.9. The van der Waals surface area contributed by atoms with Gasteiger partial charge in [-0.15, -0.1) is 0 Å². The standard InChI is InChI=1S/C70H134N2O9/c1-5-9-13-17-21-25-29-33-37-50-67(74)78-60-64(61-79-68(75)51-38-34-30-26-22-18-14-10-6-2)46-41-43-54-71(58-59-73)56-57-72(66-48-45-49-66)55-44-42-47-65(62-80-69(76)52-39-35-31-27-23-19-15-11-7-3)63-81-70(77)53-40-36-32-28-24-20-16-12-8-4/h64-66,73H,5-63H2,1-4H3. The van der Waals surface area contributed by atoms with Gasteiger partial charge in [0.15, 0.2) is 0 Å². The second-order valence-corrected chi connectivity index (χ2v) is 25.0. The average molecular weight is 1150 g/mol. The number of carbonyl (C=O) groups is 4. The molecule has 81 heavy (non-hydrogen) atoms. The Balaban J connectivity index is 2.71. The Kier molecular flexibility index (Phi) is 56.4. The molecule has 0 aliphatic heterocycles. The molecule has 11 nitrogen and oxygen atoms in total. The van der Waals surface area contributed by atoms with Gasteiger partial charge in [-0.3, -0.25) is 29.0 Å². The van der Waals surface area contributed by atoms with Crippen molar-refractivity contribution in [1.82, 2.24) is 9.80 Å². The van der Waals surface area contributed by atoms with Gasteiger partial charge in [0.05, 0.1) is 33.0 Å². The third kappa shape index (κ3) is 50.8. The Morgan fingerprint density at radius 1 is 0.346 bits per heavy atom. The monoisotopic (exact) mass is 1150 g/mol. The van der Waals surface area contributed by atoms with Crippen LogP contribution in [-0.2, 0) is 38.1 Å². The second-order valence-electron chi connectivity index (χ2n) is 25.0. The van der Waals surface area contributed by atoms with Crippen LogP contribution in [0.25, 0.3) is 0 Å². The first-order valence-corrected chi connectivity index (χ1v) is 35.5. The molecule has 0 spiro atoms. The summed E-state index contributed by atoms with van der Waals surface area (Å²) in [7, 11) is 0. The normalized spacial score (nSPS) is 12.8. The van der Waals surface area contributed by atoms with Gasteiger partial charge in [0.2, 0.25) is 0 Å². The van der Waals surface area contributed by atoms with E-state index < -0.39 is 0 Å². The molecule has 0 unspecified atom stereocenters. The van der Waals surface area contributed by atoms with Gasteiger partial charge in [-0.25, -0.2) is 0 Å². The van der Waals surface area contributed by atoms with E-state index in [4.69, 9.17) is 18.9 Å². The van der Waals surface area contributed by atoms with Gasteiger partial charge < -0.3 is 24.1 Å². The Labute approximate surface area is 500 Å². The molecule has 0 heterocycles. The fourth-order valence-electron chi connectivity index (χ4n) is 11.4. The minimum absolute atomic E-state index is 0.00545. The molecule has 0 amide bonds. The number of hydrogen-bond acceptors (Lipinski definition) is 11. The van der Waals surface area contributed by atoms with Crippen LogP contribution in [0.2, 0.25) is 0 Å². The number of ether oxygens (including phenoxy) is 4. The van der Waals surface area contributed by atoms with Crippen LogP contribution in [0.15, 0.2) is 0 Å². The number of aliphatic hydroxyl groups excluding tert-OH is 1. The molecule has 1 aliphatic rings. The Morgan fingerprint density at radius 2 is 0.630 bits per heavy atom. The predicted octanol–water partition coefficient (Wildman–Crippen LogP) is 18.6. The molecule has 1 saturated carbocycles. The topological polar surface area (TPSA) is 132 Å². The van der Waals surface area contributed by atoms with E-state index in [9.17, 15) is 24.3 Å². The van der Waals surface area contributed by atoms with E-state index in [1.54, 1.807) is 0 Å². The highest BCUT2D eigenvalue weighted by molar-refractivity contribution is 5.70. The fraction of sp³-hybridized carbons (Fsp3) is 0.943. The summed E-state index contributed by atoms with van der Waals surface area (Å²) in [6.45, 7) is 14.6. The number of unbranched alkanes of at least 4 members (excludes halogenated alkanes) is 34. The van der Waals surface area contributed by atoms with Crippen molar-refractivity contribution in [3.05, 3.63) is 0 Å². The average Bonchev–Trinajstić information content (AvgIpc) is 3.45. The van der Waals surface area contributed by atoms with Crippen molar-refractivity contribution in [3.8, 4) is 0 Å². The molecule has 478 valence electrons. The van der Waals surface area contributed by atoms with E-state index in [0.717, 1.165) is 116 Å². The van der Waals surface area contributed by atoms with Gasteiger partial charge in [-0.2, -0.15) is 0 Å². The fourth-order valence-corrected chi connectivity index (χ4v) is 11.4. The van der Waals surface area contributed by atoms with E-state index in [-0.39, 0.29) is 55.5 Å². The summed E-state index contributed by atoms with van der Waals surface area (Å²) in [6.07, 6.45) is 54.5. The SMILES string of the molecule is CCCCCCCCCCCC(=O)OCC(CCCCN(CCO)CCN(CCCCC(COC(=O)CCCCCCCCCCC)COC(=O)CCCCCCCCCCC)C1CCC1)COC(=O)CCCCCCCCCCC. The van der Waals surface area contributed by atoms with E-state index >= 15 is 0 Å². The van der Waals surface area contributed by atoms with E-state index in [1.807, 2.05) is 0 Å². The summed E-state index contributed by atoms with van der Waals surface area (Å²) in [6, 6.07) is 0.590. The molecule has 0 bridgehead atoms. The molecule has 1 aliphatic carbocycles. The molecule has 0 aromatic rings. The summed E-state index contributed by atoms with van der Waals surface area (Å²) in [5.41, 5.74) is 0. The molecule has 1 rings (SSSR count). The molecule has 0 radical (unpaired) electrons. The first-order valence-electron chi connectivity index (χ1n) is 35.5. The zero-order valence-corrected chi connectivity index (χ0v) is 54.1. The van der Waals surface area contributed by atoms with E-state index in [1.165, 1.54) is 199 Å². The van der Waals surface area contributed by atoms with E-state index in [2.05, 4.69) is 37.5 Å². The molecular weight excluding hydrogens is 1010 g/mol. The maximum absolute atomic E-state index is 12.9. The number of nitrogens with zero attached hydrogens (tertiary/aromatic N) is 2. The molecule has 0 saturated heterocycles. The highest BCUT2D eigenvalue weighted by Gasteiger charge is 2.25. The van der Waals surface area contributed by atoms with Gasteiger partial charge in [0.1, 0.15) is 0 Å². The van der Waals surface area contributed by atoms with Crippen LogP contribution in [0.1, 0.15) is 342 Å². The number of carbonyl (C=O) groups excluding carboxylic acids is 4. The van der Waals surface area contributed by atoms with Gasteiger partial charge >= 0.3 is 23.9 Å². The Morgan fingerprint density at radius 3 is 0.901 bits per heavy atom. The van der Waals surface area contributed by atoms with E-state index in [0.29, 0.717) is 51.5 Å². The van der Waals surface area contributed by atoms with Gasteiger partial charge in [0.25, 0.3) is 0 Å². The van der Waals surface area contributed by atoms with Gasteiger partial charge in [0, 0.05) is 63.2 Å². The first kappa shape index (κ1) is 76.8. The number of rotatable bonds is 64. The molecule has 0 aromatic carbocycles. The molecule has 0 aromatic heterocycles. The Bertz CT molecular complexity index is 1320. The minimum Gasteiger partial charge on any atom is -0.465 e. The summed E-state index contributed by atoms with van der Waals surface area (Å²) in [4.78, 5) is 56.5. The predicted molar refractivity (Wildman–Crippen MR) is 339 cm³/mol. The zero-order chi connectivity index (χ0) is 58.7. The third-order valence-electron chi connectivity index (χ3n) is 17.2. The summed E-state index contributed by atoms with van der Waals surface area (Å²) < 4.78 is 23.4. The van der Waals surface area contributed by atoms with Crippen molar-refractivity contribution >= 4 is 23.9 Å². The van der Waals surface area contributed by atoms with Crippen LogP contribution in [0.5, 0.6) is 0 Å². The van der Waals surface area contributed by atoms with Gasteiger partial charge in [-0.05, 0) is 77.3 Å². The van der Waals surface area contributed by atoms with Crippen molar-refractivity contribution in [2.45, 2.75) is 348 Å². The molecule has 1 fully saturated rings. The molecular formula is C70H134N2O9. The van der Waals surface area contributed by atoms with Crippen molar-refractivity contribution in [3.63, 3.8) is 0 Å². The highest BCUT2D eigenvalue weighted by atomic mass is 16.6. The second kappa shape index (κ2) is 59.5. The molecule has 11 heteroatoms. The van der Waals surface area contributed by atoms with Crippen LogP contribution in [0.3, 0.4) is 0 Å².